The normalized spacial score (nSPS) is 29.6. The molecule has 1 saturated carbocycles. The Morgan fingerprint density at radius 2 is 1.95 bits per heavy atom. The Bertz CT molecular complexity index is 466. The molecule has 0 saturated heterocycles. The number of hydrogen-bond acceptors (Lipinski definition) is 2. The third-order valence-electron chi connectivity index (χ3n) is 4.21. The van der Waals surface area contributed by atoms with E-state index in [-0.39, 0.29) is 0 Å². The predicted molar refractivity (Wildman–Crippen MR) is 95.8 cm³/mol. The van der Waals surface area contributed by atoms with Gasteiger partial charge in [0.25, 0.3) is 0 Å². The Morgan fingerprint density at radius 3 is 2.62 bits per heavy atom. The van der Waals surface area contributed by atoms with Crippen LogP contribution in [-0.2, 0) is 0 Å². The minimum absolute atomic E-state index is 0.586. The molecule has 1 aromatic carbocycles. The Morgan fingerprint density at radius 1 is 1.19 bits per heavy atom. The van der Waals surface area contributed by atoms with Crippen molar-refractivity contribution in [1.82, 2.24) is 5.32 Å². The van der Waals surface area contributed by atoms with Crippen LogP contribution >= 0.6 is 35.0 Å². The van der Waals surface area contributed by atoms with Crippen LogP contribution in [0.2, 0.25) is 10.0 Å². The highest BCUT2D eigenvalue weighted by Crippen LogP contribution is 2.40. The lowest BCUT2D eigenvalue weighted by Gasteiger charge is -2.40. The van der Waals surface area contributed by atoms with Crippen molar-refractivity contribution in [1.29, 1.82) is 0 Å². The van der Waals surface area contributed by atoms with Crippen LogP contribution in [0.4, 0.5) is 0 Å². The van der Waals surface area contributed by atoms with Crippen molar-refractivity contribution in [2.75, 3.05) is 6.54 Å². The second-order valence-corrected chi connectivity index (χ2v) is 8.34. The number of thioether (sulfide) groups is 1. The van der Waals surface area contributed by atoms with E-state index in [1.54, 1.807) is 0 Å². The minimum Gasteiger partial charge on any atom is -0.313 e. The zero-order valence-corrected chi connectivity index (χ0v) is 15.4. The van der Waals surface area contributed by atoms with E-state index in [1.165, 1.54) is 24.2 Å². The molecule has 1 fully saturated rings. The zero-order chi connectivity index (χ0) is 15.4. The molecule has 2 rings (SSSR count). The number of halogens is 2. The van der Waals surface area contributed by atoms with Crippen molar-refractivity contribution >= 4 is 35.0 Å². The quantitative estimate of drug-likeness (QED) is 0.713. The molecule has 4 atom stereocenters. The molecule has 4 heteroatoms. The van der Waals surface area contributed by atoms with Crippen molar-refractivity contribution in [3.05, 3.63) is 28.2 Å². The summed E-state index contributed by atoms with van der Waals surface area (Å²) in [6, 6.07) is 6.57. The van der Waals surface area contributed by atoms with Crippen molar-refractivity contribution in [3.63, 3.8) is 0 Å². The van der Waals surface area contributed by atoms with Crippen molar-refractivity contribution in [2.24, 2.45) is 11.8 Å². The molecule has 1 aromatic rings. The van der Waals surface area contributed by atoms with Crippen molar-refractivity contribution in [2.45, 2.75) is 56.2 Å². The second kappa shape index (κ2) is 8.10. The van der Waals surface area contributed by atoms with Gasteiger partial charge < -0.3 is 5.32 Å². The van der Waals surface area contributed by atoms with Crippen LogP contribution < -0.4 is 5.32 Å². The largest absolute Gasteiger partial charge is 0.313 e. The number of rotatable bonds is 5. The van der Waals surface area contributed by atoms with Gasteiger partial charge in [-0.15, -0.1) is 11.8 Å². The van der Waals surface area contributed by atoms with Crippen LogP contribution in [0.3, 0.4) is 0 Å². The summed E-state index contributed by atoms with van der Waals surface area (Å²) >= 11 is 14.1. The zero-order valence-electron chi connectivity index (χ0n) is 13.0. The standard InChI is InChI=1S/C17H25Cl2NS/c1-4-7-20-16-9-11(2)8-12(3)17(16)21-13-5-6-14(18)15(19)10-13/h5-6,10-12,16-17,20H,4,7-9H2,1-3H3. The summed E-state index contributed by atoms with van der Waals surface area (Å²) in [7, 11) is 0. The van der Waals surface area contributed by atoms with E-state index in [2.05, 4.69) is 32.2 Å². The molecular weight excluding hydrogens is 321 g/mol. The molecule has 0 amide bonds. The summed E-state index contributed by atoms with van der Waals surface area (Å²) in [6.45, 7) is 8.08. The fourth-order valence-corrected chi connectivity index (χ4v) is 4.99. The lowest BCUT2D eigenvalue weighted by atomic mass is 9.80. The highest BCUT2D eigenvalue weighted by atomic mass is 35.5. The number of benzene rings is 1. The Hall–Kier alpha value is 0.110. The maximum Gasteiger partial charge on any atom is 0.0603 e. The fourth-order valence-electron chi connectivity index (χ4n) is 3.26. The molecule has 0 aromatic heterocycles. The van der Waals surface area contributed by atoms with E-state index in [1.807, 2.05) is 23.9 Å². The van der Waals surface area contributed by atoms with Gasteiger partial charge in [0.1, 0.15) is 0 Å². The van der Waals surface area contributed by atoms with Gasteiger partial charge in [0, 0.05) is 16.2 Å². The van der Waals surface area contributed by atoms with Gasteiger partial charge in [-0.1, -0.05) is 44.0 Å². The molecule has 1 aliphatic carbocycles. The molecule has 4 unspecified atom stereocenters. The van der Waals surface area contributed by atoms with Crippen LogP contribution in [0.5, 0.6) is 0 Å². The summed E-state index contributed by atoms with van der Waals surface area (Å²) in [5.74, 6) is 1.52. The van der Waals surface area contributed by atoms with Gasteiger partial charge in [0.05, 0.1) is 10.0 Å². The van der Waals surface area contributed by atoms with E-state index in [4.69, 9.17) is 23.2 Å². The van der Waals surface area contributed by atoms with Gasteiger partial charge in [-0.25, -0.2) is 0 Å². The smallest absolute Gasteiger partial charge is 0.0603 e. The molecule has 0 heterocycles. The van der Waals surface area contributed by atoms with Gasteiger partial charge in [-0.2, -0.15) is 0 Å². The van der Waals surface area contributed by atoms with Gasteiger partial charge >= 0.3 is 0 Å². The molecule has 0 spiro atoms. The topological polar surface area (TPSA) is 12.0 Å². The lowest BCUT2D eigenvalue weighted by molar-refractivity contribution is 0.249. The molecule has 0 radical (unpaired) electrons. The number of hydrogen-bond donors (Lipinski definition) is 1. The number of nitrogens with one attached hydrogen (secondary N) is 1. The van der Waals surface area contributed by atoms with Crippen LogP contribution in [0.15, 0.2) is 23.1 Å². The Kier molecular flexibility index (Phi) is 6.74. The first-order valence-corrected chi connectivity index (χ1v) is 9.50. The van der Waals surface area contributed by atoms with E-state index in [9.17, 15) is 0 Å². The highest BCUT2D eigenvalue weighted by Gasteiger charge is 2.34. The summed E-state index contributed by atoms with van der Waals surface area (Å²) < 4.78 is 0. The van der Waals surface area contributed by atoms with Crippen LogP contribution in [0.25, 0.3) is 0 Å². The first kappa shape index (κ1) is 17.5. The van der Waals surface area contributed by atoms with Gasteiger partial charge in [-0.3, -0.25) is 0 Å². The molecule has 21 heavy (non-hydrogen) atoms. The summed E-state index contributed by atoms with van der Waals surface area (Å²) in [5.41, 5.74) is 0. The van der Waals surface area contributed by atoms with Crippen LogP contribution in [0.1, 0.15) is 40.0 Å². The van der Waals surface area contributed by atoms with Gasteiger partial charge in [0.15, 0.2) is 0 Å². The lowest BCUT2D eigenvalue weighted by Crippen LogP contribution is -2.46. The monoisotopic (exact) mass is 345 g/mol. The Labute approximate surface area is 143 Å². The molecule has 0 aliphatic heterocycles. The maximum absolute atomic E-state index is 6.15. The molecule has 0 bridgehead atoms. The van der Waals surface area contributed by atoms with Crippen molar-refractivity contribution in [3.8, 4) is 0 Å². The third kappa shape index (κ3) is 4.79. The van der Waals surface area contributed by atoms with Crippen molar-refractivity contribution < 1.29 is 0 Å². The molecule has 1 aliphatic rings. The van der Waals surface area contributed by atoms with E-state index < -0.39 is 0 Å². The van der Waals surface area contributed by atoms with Crippen LogP contribution in [-0.4, -0.2) is 17.8 Å². The summed E-state index contributed by atoms with van der Waals surface area (Å²) in [5, 5.41) is 5.63. The molecule has 1 nitrogen and oxygen atoms in total. The minimum atomic E-state index is 0.586. The Balaban J connectivity index is 2.10. The van der Waals surface area contributed by atoms with Gasteiger partial charge in [-0.05, 0) is 55.8 Å². The van der Waals surface area contributed by atoms with Gasteiger partial charge in [0.2, 0.25) is 0 Å². The maximum atomic E-state index is 6.15. The first-order chi connectivity index (χ1) is 10.0. The fraction of sp³-hybridized carbons (Fsp3) is 0.647. The van der Waals surface area contributed by atoms with E-state index >= 15 is 0 Å². The van der Waals surface area contributed by atoms with E-state index in [0.29, 0.717) is 27.3 Å². The SMILES string of the molecule is CCCNC1CC(C)CC(C)C1Sc1ccc(Cl)c(Cl)c1. The average molecular weight is 346 g/mol. The highest BCUT2D eigenvalue weighted by molar-refractivity contribution is 8.00. The average Bonchev–Trinajstić information content (AvgIpc) is 2.43. The third-order valence-corrected chi connectivity index (χ3v) is 6.54. The summed E-state index contributed by atoms with van der Waals surface area (Å²) in [4.78, 5) is 1.22. The molecule has 1 N–H and O–H groups in total. The van der Waals surface area contributed by atoms with E-state index in [0.717, 1.165) is 12.5 Å². The first-order valence-electron chi connectivity index (χ1n) is 7.86. The summed E-state index contributed by atoms with van der Waals surface area (Å²) in [6.07, 6.45) is 3.76. The van der Waals surface area contributed by atoms with Crippen LogP contribution in [0, 0.1) is 11.8 Å². The molecular formula is C17H25Cl2NS. The molecule has 118 valence electrons. The predicted octanol–water partition coefficient (Wildman–Crippen LogP) is 5.89. The second-order valence-electron chi connectivity index (χ2n) is 6.27.